The van der Waals surface area contributed by atoms with Gasteiger partial charge in [-0.25, -0.2) is 13.2 Å². The molecular formula is C18H12F3N. The van der Waals surface area contributed by atoms with Crippen LogP contribution in [0.15, 0.2) is 30.3 Å². The molecule has 0 atom stereocenters. The highest BCUT2D eigenvalue weighted by atomic mass is 19.1. The Morgan fingerprint density at radius 2 is 1.68 bits per heavy atom. The number of halogens is 3. The minimum Gasteiger partial charge on any atom is -0.206 e. The smallest absolute Gasteiger partial charge is 0.144 e. The van der Waals surface area contributed by atoms with Gasteiger partial charge >= 0.3 is 0 Å². The van der Waals surface area contributed by atoms with Crippen molar-refractivity contribution in [3.05, 3.63) is 58.9 Å². The monoisotopic (exact) mass is 299 g/mol. The van der Waals surface area contributed by atoms with Gasteiger partial charge in [-0.3, -0.25) is 0 Å². The van der Waals surface area contributed by atoms with Crippen molar-refractivity contribution in [2.45, 2.75) is 19.8 Å². The fourth-order valence-corrected chi connectivity index (χ4v) is 1.95. The molecule has 2 aromatic rings. The highest BCUT2D eigenvalue weighted by molar-refractivity contribution is 5.66. The quantitative estimate of drug-likeness (QED) is 0.731. The molecule has 0 aliphatic heterocycles. The van der Waals surface area contributed by atoms with Crippen LogP contribution in [0.2, 0.25) is 0 Å². The number of hydrogen-bond donors (Lipinski definition) is 0. The van der Waals surface area contributed by atoms with Crippen molar-refractivity contribution in [3.8, 4) is 29.0 Å². The molecule has 0 aliphatic rings. The van der Waals surface area contributed by atoms with E-state index in [-0.39, 0.29) is 11.1 Å². The van der Waals surface area contributed by atoms with E-state index >= 15 is 0 Å². The lowest BCUT2D eigenvalue weighted by molar-refractivity contribution is 0.577. The zero-order chi connectivity index (χ0) is 16.1. The van der Waals surface area contributed by atoms with E-state index in [1.54, 1.807) is 6.07 Å². The van der Waals surface area contributed by atoms with Crippen LogP contribution < -0.4 is 0 Å². The number of hydrogen-bond acceptors (Lipinski definition) is 1. The summed E-state index contributed by atoms with van der Waals surface area (Å²) in [5, 5.41) is 8.64. The first kappa shape index (κ1) is 15.7. The second-order valence-corrected chi connectivity index (χ2v) is 4.67. The average Bonchev–Trinajstić information content (AvgIpc) is 2.47. The fourth-order valence-electron chi connectivity index (χ4n) is 1.95. The van der Waals surface area contributed by atoms with Crippen LogP contribution in [0.4, 0.5) is 13.2 Å². The normalized spacial score (nSPS) is 9.77. The van der Waals surface area contributed by atoms with E-state index in [4.69, 9.17) is 5.26 Å². The molecule has 0 saturated heterocycles. The van der Waals surface area contributed by atoms with Crippen molar-refractivity contribution in [1.82, 2.24) is 0 Å². The molecule has 0 aliphatic carbocycles. The second-order valence-electron chi connectivity index (χ2n) is 4.67. The summed E-state index contributed by atoms with van der Waals surface area (Å²) in [6, 6.07) is 7.57. The largest absolute Gasteiger partial charge is 0.206 e. The van der Waals surface area contributed by atoms with Gasteiger partial charge in [0.2, 0.25) is 0 Å². The molecule has 0 heterocycles. The Morgan fingerprint density at radius 1 is 1.00 bits per heavy atom. The van der Waals surface area contributed by atoms with Crippen LogP contribution in [0.1, 0.15) is 30.9 Å². The van der Waals surface area contributed by atoms with Gasteiger partial charge in [0.25, 0.3) is 0 Å². The maximum absolute atomic E-state index is 14.1. The van der Waals surface area contributed by atoms with Crippen molar-refractivity contribution in [3.63, 3.8) is 0 Å². The Bertz CT molecular complexity index is 784. The predicted octanol–water partition coefficient (Wildman–Crippen LogP) is 4.79. The number of benzene rings is 2. The van der Waals surface area contributed by atoms with E-state index in [9.17, 15) is 13.2 Å². The Morgan fingerprint density at radius 3 is 2.23 bits per heavy atom. The highest BCUT2D eigenvalue weighted by Crippen LogP contribution is 2.27. The minimum atomic E-state index is -1.01. The Balaban J connectivity index is 2.43. The highest BCUT2D eigenvalue weighted by Gasteiger charge is 2.14. The first-order valence-electron chi connectivity index (χ1n) is 6.74. The van der Waals surface area contributed by atoms with Crippen molar-refractivity contribution < 1.29 is 13.2 Å². The van der Waals surface area contributed by atoms with Crippen LogP contribution in [0.25, 0.3) is 11.1 Å². The molecule has 22 heavy (non-hydrogen) atoms. The summed E-state index contributed by atoms with van der Waals surface area (Å²) in [4.78, 5) is 0. The third-order valence-electron chi connectivity index (χ3n) is 3.04. The van der Waals surface area contributed by atoms with E-state index in [0.717, 1.165) is 25.0 Å². The molecule has 4 heteroatoms. The zero-order valence-electron chi connectivity index (χ0n) is 11.9. The van der Waals surface area contributed by atoms with Crippen LogP contribution in [0, 0.1) is 40.6 Å². The summed E-state index contributed by atoms with van der Waals surface area (Å²) in [7, 11) is 0. The summed E-state index contributed by atoms with van der Waals surface area (Å²) >= 11 is 0. The maximum Gasteiger partial charge on any atom is 0.144 e. The summed E-state index contributed by atoms with van der Waals surface area (Å²) in [5.74, 6) is 3.08. The Kier molecular flexibility index (Phi) is 4.86. The van der Waals surface area contributed by atoms with E-state index in [1.165, 1.54) is 18.2 Å². The summed E-state index contributed by atoms with van der Waals surface area (Å²) in [5.41, 5.74) is -0.0709. The summed E-state index contributed by atoms with van der Waals surface area (Å²) in [6.07, 6.45) is 1.63. The molecule has 0 fully saturated rings. The molecule has 0 N–H and O–H groups in total. The SMILES string of the molecule is CCCC#Cc1ccc(-c2cc(F)c(C#N)c(F)c2)c(F)c1. The number of nitrogens with zero attached hydrogens (tertiary/aromatic N) is 1. The molecule has 0 unspecified atom stereocenters. The molecule has 2 aromatic carbocycles. The molecule has 2 rings (SSSR count). The summed E-state index contributed by atoms with van der Waals surface area (Å²) in [6.45, 7) is 1.99. The van der Waals surface area contributed by atoms with Crippen molar-refractivity contribution in [2.75, 3.05) is 0 Å². The van der Waals surface area contributed by atoms with Crippen molar-refractivity contribution in [1.29, 1.82) is 5.26 Å². The molecule has 0 radical (unpaired) electrons. The van der Waals surface area contributed by atoms with E-state index in [2.05, 4.69) is 11.8 Å². The number of rotatable bonds is 2. The molecule has 0 bridgehead atoms. The second kappa shape index (κ2) is 6.83. The average molecular weight is 299 g/mol. The zero-order valence-corrected chi connectivity index (χ0v) is 11.9. The molecule has 1 nitrogen and oxygen atoms in total. The first-order valence-corrected chi connectivity index (χ1v) is 6.74. The van der Waals surface area contributed by atoms with Gasteiger partial charge in [0, 0.05) is 17.5 Å². The van der Waals surface area contributed by atoms with Crippen LogP contribution in [0.3, 0.4) is 0 Å². The van der Waals surface area contributed by atoms with Crippen LogP contribution in [0.5, 0.6) is 0 Å². The van der Waals surface area contributed by atoms with Gasteiger partial charge in [-0.05, 0) is 36.2 Å². The maximum atomic E-state index is 14.1. The van der Waals surface area contributed by atoms with Gasteiger partial charge < -0.3 is 0 Å². The molecule has 0 amide bonds. The molecular weight excluding hydrogens is 287 g/mol. The van der Waals surface area contributed by atoms with E-state index in [1.807, 2.05) is 6.92 Å². The van der Waals surface area contributed by atoms with Gasteiger partial charge in [0.1, 0.15) is 29.1 Å². The van der Waals surface area contributed by atoms with E-state index < -0.39 is 23.0 Å². The minimum absolute atomic E-state index is 0.0413. The first-order chi connectivity index (χ1) is 10.6. The van der Waals surface area contributed by atoms with Crippen LogP contribution in [-0.4, -0.2) is 0 Å². The van der Waals surface area contributed by atoms with Crippen LogP contribution >= 0.6 is 0 Å². The number of nitriles is 1. The summed E-state index contributed by atoms with van der Waals surface area (Å²) < 4.78 is 41.3. The van der Waals surface area contributed by atoms with Crippen LogP contribution in [-0.2, 0) is 0 Å². The topological polar surface area (TPSA) is 23.8 Å². The number of unbranched alkanes of at least 4 members (excludes halogenated alkanes) is 1. The standard InChI is InChI=1S/C18H12F3N/c1-2-3-4-5-12-6-7-14(16(19)8-12)13-9-17(20)15(11-22)18(21)10-13/h6-10H,2-3H2,1H3. The third-order valence-corrected chi connectivity index (χ3v) is 3.04. The lowest BCUT2D eigenvalue weighted by atomic mass is 10.0. The molecule has 0 saturated carbocycles. The van der Waals surface area contributed by atoms with Gasteiger partial charge in [-0.1, -0.05) is 24.8 Å². The third kappa shape index (κ3) is 3.30. The molecule has 0 spiro atoms. The Labute approximate surface area is 127 Å². The predicted molar refractivity (Wildman–Crippen MR) is 78.3 cm³/mol. The van der Waals surface area contributed by atoms with Gasteiger partial charge in [0.15, 0.2) is 0 Å². The Hall–Kier alpha value is -2.72. The van der Waals surface area contributed by atoms with Crippen molar-refractivity contribution in [2.24, 2.45) is 0 Å². The fraction of sp³-hybridized carbons (Fsp3) is 0.167. The molecule has 110 valence electrons. The lowest BCUT2D eigenvalue weighted by Crippen LogP contribution is -1.94. The van der Waals surface area contributed by atoms with E-state index in [0.29, 0.717) is 5.56 Å². The van der Waals surface area contributed by atoms with Gasteiger partial charge in [0.05, 0.1) is 0 Å². The van der Waals surface area contributed by atoms with Crippen molar-refractivity contribution >= 4 is 0 Å². The molecule has 0 aromatic heterocycles. The van der Waals surface area contributed by atoms with Gasteiger partial charge in [-0.15, -0.1) is 0 Å². The van der Waals surface area contributed by atoms with Gasteiger partial charge in [-0.2, -0.15) is 5.26 Å². The lowest BCUT2D eigenvalue weighted by Gasteiger charge is -2.06.